The van der Waals surface area contributed by atoms with E-state index in [2.05, 4.69) is 25.9 Å². The topological polar surface area (TPSA) is 73.6 Å². The zero-order valence-electron chi connectivity index (χ0n) is 13.7. The van der Waals surface area contributed by atoms with Crippen LogP contribution in [0.2, 0.25) is 0 Å². The number of fused-ring (bicyclic) bond motifs is 1. The fraction of sp³-hybridized carbons (Fsp3) is 0.250. The van der Waals surface area contributed by atoms with Gasteiger partial charge in [-0.1, -0.05) is 27.3 Å². The number of nitrogens with zero attached hydrogens (tertiary/aromatic N) is 3. The van der Waals surface area contributed by atoms with Crippen LogP contribution in [0.5, 0.6) is 0 Å². The lowest BCUT2D eigenvalue weighted by Gasteiger charge is -2.03. The van der Waals surface area contributed by atoms with E-state index in [4.69, 9.17) is 4.74 Å². The van der Waals surface area contributed by atoms with Gasteiger partial charge in [0, 0.05) is 4.47 Å². The highest BCUT2D eigenvalue weighted by atomic mass is 79.9. The first kappa shape index (κ1) is 18.0. The minimum Gasteiger partial charge on any atom is -0.468 e. The van der Waals surface area contributed by atoms with Gasteiger partial charge in [-0.25, -0.2) is 4.98 Å². The summed E-state index contributed by atoms with van der Waals surface area (Å²) in [5.74, 6) is -0.756. The standard InChI is InChI=1S/C16H14BrN3O3S2/c1-8-14(24-9(2)18-8)15(22)19-16-20(7-13(21)23-3)11-5-4-10(17)6-12(11)25-16/h4-6H,7H2,1-3H3. The average molecular weight is 440 g/mol. The number of hydrogen-bond acceptors (Lipinski definition) is 6. The maximum absolute atomic E-state index is 12.6. The van der Waals surface area contributed by atoms with Crippen LogP contribution in [0.1, 0.15) is 20.4 Å². The fourth-order valence-corrected chi connectivity index (χ4v) is 4.73. The number of rotatable bonds is 3. The number of carbonyl (C=O) groups excluding carboxylic acids is 2. The molecular weight excluding hydrogens is 426 g/mol. The Morgan fingerprint density at radius 2 is 2.08 bits per heavy atom. The molecule has 0 radical (unpaired) electrons. The van der Waals surface area contributed by atoms with Gasteiger partial charge in [-0.3, -0.25) is 9.59 Å². The van der Waals surface area contributed by atoms with E-state index in [1.807, 2.05) is 25.1 Å². The van der Waals surface area contributed by atoms with E-state index in [0.29, 0.717) is 15.4 Å². The molecule has 0 saturated heterocycles. The van der Waals surface area contributed by atoms with Gasteiger partial charge in [0.2, 0.25) is 0 Å². The minimum absolute atomic E-state index is 0.00898. The number of amides is 1. The molecule has 1 amide bonds. The van der Waals surface area contributed by atoms with Gasteiger partial charge in [-0.2, -0.15) is 4.99 Å². The van der Waals surface area contributed by atoms with E-state index in [1.54, 1.807) is 11.5 Å². The van der Waals surface area contributed by atoms with Crippen LogP contribution in [0.3, 0.4) is 0 Å². The maximum atomic E-state index is 12.6. The van der Waals surface area contributed by atoms with Gasteiger partial charge in [0.05, 0.1) is 28.0 Å². The molecule has 9 heteroatoms. The molecule has 3 aromatic rings. The zero-order chi connectivity index (χ0) is 18.1. The molecule has 0 saturated carbocycles. The number of ether oxygens (including phenoxy) is 1. The Bertz CT molecular complexity index is 1050. The lowest BCUT2D eigenvalue weighted by atomic mass is 10.3. The third-order valence-electron chi connectivity index (χ3n) is 3.45. The second kappa shape index (κ2) is 7.19. The summed E-state index contributed by atoms with van der Waals surface area (Å²) in [5, 5.41) is 0.818. The first-order chi connectivity index (χ1) is 11.9. The highest BCUT2D eigenvalue weighted by molar-refractivity contribution is 9.10. The summed E-state index contributed by atoms with van der Waals surface area (Å²) in [6.45, 7) is 3.63. The second-order valence-electron chi connectivity index (χ2n) is 5.22. The summed E-state index contributed by atoms with van der Waals surface area (Å²) >= 11 is 6.10. The number of halogens is 1. The van der Waals surface area contributed by atoms with Crippen LogP contribution in [0, 0.1) is 13.8 Å². The monoisotopic (exact) mass is 439 g/mol. The van der Waals surface area contributed by atoms with Crippen molar-refractivity contribution in [2.45, 2.75) is 20.4 Å². The predicted molar refractivity (Wildman–Crippen MR) is 101 cm³/mol. The first-order valence-electron chi connectivity index (χ1n) is 7.28. The van der Waals surface area contributed by atoms with Crippen molar-refractivity contribution in [2.24, 2.45) is 4.99 Å². The molecule has 130 valence electrons. The lowest BCUT2D eigenvalue weighted by Crippen LogP contribution is -2.22. The molecule has 0 aliphatic carbocycles. The maximum Gasteiger partial charge on any atom is 0.325 e. The smallest absolute Gasteiger partial charge is 0.325 e. The molecule has 0 N–H and O–H groups in total. The van der Waals surface area contributed by atoms with Crippen LogP contribution in [-0.2, 0) is 16.1 Å². The summed E-state index contributed by atoms with van der Waals surface area (Å²) < 4.78 is 8.29. The Hall–Kier alpha value is -1.84. The highest BCUT2D eigenvalue weighted by Crippen LogP contribution is 2.23. The van der Waals surface area contributed by atoms with Crippen LogP contribution in [0.15, 0.2) is 27.7 Å². The van der Waals surface area contributed by atoms with E-state index in [-0.39, 0.29) is 12.5 Å². The SMILES string of the molecule is COC(=O)Cn1c(=NC(=O)c2sc(C)nc2C)sc2cc(Br)ccc21. The first-order valence-corrected chi connectivity index (χ1v) is 9.70. The number of hydrogen-bond donors (Lipinski definition) is 0. The van der Waals surface area contributed by atoms with Crippen molar-refractivity contribution in [3.63, 3.8) is 0 Å². The molecule has 0 spiro atoms. The molecule has 3 rings (SSSR count). The average Bonchev–Trinajstić information content (AvgIpc) is 3.06. The molecule has 2 heterocycles. The normalized spacial score (nSPS) is 11.9. The Balaban J connectivity index is 2.16. The molecule has 6 nitrogen and oxygen atoms in total. The lowest BCUT2D eigenvalue weighted by molar-refractivity contribution is -0.141. The summed E-state index contributed by atoms with van der Waals surface area (Å²) in [7, 11) is 1.33. The summed E-state index contributed by atoms with van der Waals surface area (Å²) in [4.78, 5) is 33.8. The third kappa shape index (κ3) is 3.73. The molecule has 0 atom stereocenters. The number of aryl methyl sites for hydroxylation is 2. The van der Waals surface area contributed by atoms with Gasteiger partial charge >= 0.3 is 5.97 Å². The molecular formula is C16H14BrN3O3S2. The van der Waals surface area contributed by atoms with Gasteiger partial charge in [-0.15, -0.1) is 11.3 Å². The van der Waals surface area contributed by atoms with E-state index in [9.17, 15) is 9.59 Å². The van der Waals surface area contributed by atoms with E-state index < -0.39 is 5.97 Å². The molecule has 0 bridgehead atoms. The molecule has 1 aromatic carbocycles. The van der Waals surface area contributed by atoms with Gasteiger partial charge in [0.1, 0.15) is 11.4 Å². The number of benzene rings is 1. The van der Waals surface area contributed by atoms with Crippen molar-refractivity contribution in [1.82, 2.24) is 9.55 Å². The highest BCUT2D eigenvalue weighted by Gasteiger charge is 2.16. The third-order valence-corrected chi connectivity index (χ3v) is 6.05. The van der Waals surface area contributed by atoms with Crippen LogP contribution in [0.4, 0.5) is 0 Å². The Kier molecular flexibility index (Phi) is 5.16. The van der Waals surface area contributed by atoms with Crippen LogP contribution < -0.4 is 4.80 Å². The summed E-state index contributed by atoms with van der Waals surface area (Å²) in [6, 6.07) is 5.69. The zero-order valence-corrected chi connectivity index (χ0v) is 16.9. The van der Waals surface area contributed by atoms with Crippen molar-refractivity contribution in [3.05, 3.63) is 43.1 Å². The van der Waals surface area contributed by atoms with Crippen molar-refractivity contribution < 1.29 is 14.3 Å². The number of carbonyl (C=O) groups is 2. The van der Waals surface area contributed by atoms with Crippen molar-refractivity contribution in [2.75, 3.05) is 7.11 Å². The van der Waals surface area contributed by atoms with Crippen LogP contribution in [0.25, 0.3) is 10.2 Å². The largest absolute Gasteiger partial charge is 0.468 e. The van der Waals surface area contributed by atoms with E-state index in [1.165, 1.54) is 29.8 Å². The fourth-order valence-electron chi connectivity index (χ4n) is 2.35. The molecule has 0 fully saturated rings. The number of aromatic nitrogens is 2. The Morgan fingerprint density at radius 3 is 2.72 bits per heavy atom. The molecule has 2 aromatic heterocycles. The quantitative estimate of drug-likeness (QED) is 0.585. The van der Waals surface area contributed by atoms with Crippen LogP contribution >= 0.6 is 38.6 Å². The van der Waals surface area contributed by atoms with Gasteiger partial charge in [0.15, 0.2) is 4.80 Å². The van der Waals surface area contributed by atoms with Gasteiger partial charge in [0.25, 0.3) is 5.91 Å². The minimum atomic E-state index is -0.402. The van der Waals surface area contributed by atoms with E-state index in [0.717, 1.165) is 19.7 Å². The second-order valence-corrected chi connectivity index (χ2v) is 8.35. The van der Waals surface area contributed by atoms with Gasteiger partial charge < -0.3 is 9.30 Å². The van der Waals surface area contributed by atoms with Gasteiger partial charge in [-0.05, 0) is 32.0 Å². The summed E-state index contributed by atoms with van der Waals surface area (Å²) in [5.41, 5.74) is 1.49. The van der Waals surface area contributed by atoms with Crippen molar-refractivity contribution in [3.8, 4) is 0 Å². The molecule has 25 heavy (non-hydrogen) atoms. The Labute approximate surface area is 159 Å². The number of esters is 1. The summed E-state index contributed by atoms with van der Waals surface area (Å²) in [6.07, 6.45) is 0. The molecule has 0 aliphatic rings. The molecule has 0 aliphatic heterocycles. The van der Waals surface area contributed by atoms with Crippen LogP contribution in [-0.4, -0.2) is 28.5 Å². The predicted octanol–water partition coefficient (Wildman–Crippen LogP) is 3.45. The van der Waals surface area contributed by atoms with Crippen molar-refractivity contribution in [1.29, 1.82) is 0 Å². The van der Waals surface area contributed by atoms with Crippen molar-refractivity contribution >= 4 is 60.7 Å². The number of methoxy groups -OCH3 is 1. The van der Waals surface area contributed by atoms with E-state index >= 15 is 0 Å². The molecule has 0 unspecified atom stereocenters. The Morgan fingerprint density at radius 1 is 1.32 bits per heavy atom. The number of thiazole rings is 2.